The summed E-state index contributed by atoms with van der Waals surface area (Å²) >= 11 is 0.536. The van der Waals surface area contributed by atoms with E-state index in [1.807, 2.05) is 11.5 Å². The van der Waals surface area contributed by atoms with Crippen molar-refractivity contribution in [2.75, 3.05) is 23.5 Å². The van der Waals surface area contributed by atoms with Gasteiger partial charge in [0.15, 0.2) is 0 Å². The number of rotatable bonds is 5. The van der Waals surface area contributed by atoms with Crippen molar-refractivity contribution in [3.8, 4) is 5.88 Å². The molecule has 0 saturated carbocycles. The quantitative estimate of drug-likeness (QED) is 0.562. The number of fused-ring (bicyclic) bond motifs is 1. The molecule has 2 aromatic rings. The maximum atomic E-state index is 9.50. The molecule has 0 aromatic carbocycles. The van der Waals surface area contributed by atoms with Crippen molar-refractivity contribution < 1.29 is 19.0 Å². The van der Waals surface area contributed by atoms with E-state index >= 15 is 0 Å². The van der Waals surface area contributed by atoms with Gasteiger partial charge in [-0.2, -0.15) is 0 Å². The summed E-state index contributed by atoms with van der Waals surface area (Å²) in [6, 6.07) is 0. The summed E-state index contributed by atoms with van der Waals surface area (Å²) in [5.74, 6) is 1.31. The largest absolute Gasteiger partial charge is 0.255 e. The van der Waals surface area contributed by atoms with Gasteiger partial charge in [0.2, 0.25) is 0 Å². The minimum atomic E-state index is -0.184. The molecular formula is C14H21FN5O3Tl. The minimum absolute atomic E-state index is 0.0289. The molecule has 0 amide bonds. The molecule has 1 saturated heterocycles. The fourth-order valence-corrected chi connectivity index (χ4v) is 3.26. The first-order valence-corrected chi connectivity index (χ1v) is 9.90. The van der Waals surface area contributed by atoms with Gasteiger partial charge in [0.05, 0.1) is 7.18 Å². The SMILES string of the molecule is CCOc1nc([NH][Tl])nc2c1ncn2C1OC(CO)CC1C.CF. The first-order chi connectivity index (χ1) is 11.7. The minimum Gasteiger partial charge on any atom is -0.255 e. The molecule has 24 heavy (non-hydrogen) atoms. The van der Waals surface area contributed by atoms with Crippen molar-refractivity contribution in [2.24, 2.45) is 5.92 Å². The first kappa shape index (κ1) is 19.2. The third-order valence-electron chi connectivity index (χ3n) is 3.73. The van der Waals surface area contributed by atoms with Gasteiger partial charge in [0.1, 0.15) is 0 Å². The Balaban J connectivity index is 0.00000100. The molecule has 130 valence electrons. The third kappa shape index (κ3) is 3.77. The Bertz CT molecular complexity index is 671. The molecule has 10 heteroatoms. The third-order valence-corrected chi connectivity index (χ3v) is 4.73. The summed E-state index contributed by atoms with van der Waals surface area (Å²) < 4.78 is 26.0. The smallest absolute Gasteiger partial charge is 0.0785 e. The molecule has 1 fully saturated rings. The molecule has 1 aliphatic heterocycles. The molecule has 3 atom stereocenters. The van der Waals surface area contributed by atoms with E-state index in [1.165, 1.54) is 0 Å². The number of imidazole rings is 1. The molecule has 2 N–H and O–H groups in total. The van der Waals surface area contributed by atoms with E-state index in [9.17, 15) is 9.50 Å². The zero-order valence-electron chi connectivity index (χ0n) is 13.9. The van der Waals surface area contributed by atoms with Crippen molar-refractivity contribution in [3.63, 3.8) is 0 Å². The van der Waals surface area contributed by atoms with E-state index in [0.29, 0.717) is 62.8 Å². The number of anilines is 1. The molecular weight excluding hydrogens is 510 g/mol. The monoisotopic (exact) mass is 531 g/mol. The van der Waals surface area contributed by atoms with Crippen LogP contribution in [0.15, 0.2) is 6.33 Å². The zero-order chi connectivity index (χ0) is 17.7. The normalized spacial score (nSPS) is 22.9. The van der Waals surface area contributed by atoms with E-state index in [2.05, 4.69) is 25.0 Å². The van der Waals surface area contributed by atoms with Crippen molar-refractivity contribution in [1.29, 1.82) is 0 Å². The van der Waals surface area contributed by atoms with E-state index in [1.54, 1.807) is 6.33 Å². The van der Waals surface area contributed by atoms with Crippen LogP contribution in [-0.2, 0) is 4.74 Å². The van der Waals surface area contributed by atoms with Gasteiger partial charge in [0.25, 0.3) is 0 Å². The van der Waals surface area contributed by atoms with Gasteiger partial charge in [-0.3, -0.25) is 4.39 Å². The molecule has 0 spiro atoms. The van der Waals surface area contributed by atoms with Crippen LogP contribution in [0, 0.1) is 5.92 Å². The maximum absolute atomic E-state index is 9.50. The van der Waals surface area contributed by atoms with Crippen molar-refractivity contribution in [3.05, 3.63) is 6.33 Å². The summed E-state index contributed by atoms with van der Waals surface area (Å²) in [5, 5.41) is 9.31. The van der Waals surface area contributed by atoms with Gasteiger partial charge >= 0.3 is 144 Å². The average Bonchev–Trinajstić information content (AvgIpc) is 3.19. The number of alkyl halides is 1. The van der Waals surface area contributed by atoms with Crippen molar-refractivity contribution in [2.45, 2.75) is 32.6 Å². The van der Waals surface area contributed by atoms with Gasteiger partial charge in [-0.05, 0) is 0 Å². The van der Waals surface area contributed by atoms with E-state index < -0.39 is 0 Å². The van der Waals surface area contributed by atoms with Crippen LogP contribution >= 0.6 is 0 Å². The van der Waals surface area contributed by atoms with Crippen LogP contribution in [0.1, 0.15) is 26.5 Å². The first-order valence-electron chi connectivity index (χ1n) is 7.66. The van der Waals surface area contributed by atoms with Crippen molar-refractivity contribution >= 4 is 43.2 Å². The fraction of sp³-hybridized carbons (Fsp3) is 0.643. The number of aliphatic hydroxyl groups excluding tert-OH is 1. The molecule has 3 heterocycles. The molecule has 2 aromatic heterocycles. The number of aliphatic hydroxyl groups is 1. The molecule has 0 aliphatic carbocycles. The van der Waals surface area contributed by atoms with Crippen LogP contribution in [0.3, 0.4) is 0 Å². The number of nitrogens with zero attached hydrogens (tertiary/aromatic N) is 4. The number of nitrogens with one attached hydrogen (secondary N) is 1. The Labute approximate surface area is 155 Å². The number of hydrogen-bond acceptors (Lipinski definition) is 7. The Kier molecular flexibility index (Phi) is 7.10. The molecule has 1 aliphatic rings. The summed E-state index contributed by atoms with van der Waals surface area (Å²) in [7, 11) is 0.500. The van der Waals surface area contributed by atoms with Crippen LogP contribution in [0.5, 0.6) is 5.88 Å². The van der Waals surface area contributed by atoms with Crippen LogP contribution in [0.4, 0.5) is 10.3 Å². The van der Waals surface area contributed by atoms with E-state index in [4.69, 9.17) is 9.47 Å². The maximum Gasteiger partial charge on any atom is 0.0785 e. The van der Waals surface area contributed by atoms with Crippen LogP contribution < -0.4 is 7.86 Å². The van der Waals surface area contributed by atoms with Crippen LogP contribution in [-0.4, -0.2) is 77.2 Å². The Morgan fingerprint density at radius 1 is 1.50 bits per heavy atom. The second-order valence-electron chi connectivity index (χ2n) is 5.30. The van der Waals surface area contributed by atoms with Crippen LogP contribution in [0.2, 0.25) is 0 Å². The van der Waals surface area contributed by atoms with E-state index in [-0.39, 0.29) is 24.9 Å². The number of ether oxygens (including phenoxy) is 2. The molecule has 3 rings (SSSR count). The van der Waals surface area contributed by atoms with Gasteiger partial charge in [0, 0.05) is 0 Å². The van der Waals surface area contributed by atoms with Crippen LogP contribution in [0.25, 0.3) is 11.2 Å². The molecule has 8 nitrogen and oxygen atoms in total. The Morgan fingerprint density at radius 3 is 2.83 bits per heavy atom. The number of hydrogen-bond donors (Lipinski definition) is 2. The second-order valence-corrected chi connectivity index (χ2v) is 6.42. The summed E-state index contributed by atoms with van der Waals surface area (Å²) in [6.07, 6.45) is 2.21. The average molecular weight is 531 g/mol. The number of halogens is 1. The van der Waals surface area contributed by atoms with E-state index in [0.717, 1.165) is 6.42 Å². The zero-order valence-corrected chi connectivity index (χ0v) is 18.4. The molecule has 0 radical (unpaired) electrons. The van der Waals surface area contributed by atoms with Gasteiger partial charge in [-0.25, -0.2) is 0 Å². The molecule has 3 unspecified atom stereocenters. The summed E-state index contributed by atoms with van der Waals surface area (Å²) in [5.41, 5.74) is 1.33. The fourth-order valence-electron chi connectivity index (χ4n) is 2.75. The second kappa shape index (κ2) is 8.85. The van der Waals surface area contributed by atoms with Gasteiger partial charge in [-0.1, -0.05) is 0 Å². The molecule has 0 bridgehead atoms. The standard InChI is InChI=1S/C13H18N5O3.CH3F.Tl/c1-3-20-11-9-10(16-13(14)17-11)18(6-15-9)12-7(2)4-8(5-19)21-12;1-2;/h6-8,12,19H,3-5H2,1-2H3,(H-,14,16,17);1H3;/q-1;;+1. The summed E-state index contributed by atoms with van der Waals surface area (Å²) in [6.45, 7) is 4.56. The predicted molar refractivity (Wildman–Crippen MR) is 87.7 cm³/mol. The van der Waals surface area contributed by atoms with Gasteiger partial charge in [-0.15, -0.1) is 0 Å². The van der Waals surface area contributed by atoms with Crippen molar-refractivity contribution in [1.82, 2.24) is 19.5 Å². The summed E-state index contributed by atoms with van der Waals surface area (Å²) in [4.78, 5) is 13.3. The Hall–Kier alpha value is -1.08. The topological polar surface area (TPSA) is 94.3 Å². The Morgan fingerprint density at radius 2 is 2.25 bits per heavy atom. The number of aromatic nitrogens is 4. The predicted octanol–water partition coefficient (Wildman–Crippen LogP) is 1.22. The van der Waals surface area contributed by atoms with Gasteiger partial charge < -0.3 is 0 Å².